The van der Waals surface area contributed by atoms with Crippen molar-refractivity contribution in [2.24, 2.45) is 11.7 Å². The average molecular weight is 279 g/mol. The first-order valence-electron chi connectivity index (χ1n) is 6.76. The fourth-order valence-electron chi connectivity index (χ4n) is 3.23. The number of nitrogens with two attached hydrogens (primary N) is 1. The Morgan fingerprint density at radius 3 is 3.10 bits per heavy atom. The van der Waals surface area contributed by atoms with E-state index in [2.05, 4.69) is 4.98 Å². The lowest BCUT2D eigenvalue weighted by molar-refractivity contribution is 0.0513. The fraction of sp³-hybridized carbons (Fsp3) is 0.615. The maximum Gasteiger partial charge on any atom is 0.361 e. The minimum Gasteiger partial charge on any atom is -0.501 e. The molecule has 7 nitrogen and oxygen atoms in total. The molecule has 0 spiro atoms. The molecular formula is C13H17N3O4. The molecule has 3 rings (SSSR count). The van der Waals surface area contributed by atoms with Crippen LogP contribution in [0.3, 0.4) is 0 Å². The van der Waals surface area contributed by atoms with Crippen LogP contribution in [0.4, 0.5) is 0 Å². The van der Waals surface area contributed by atoms with Gasteiger partial charge in [-0.15, -0.1) is 0 Å². The van der Waals surface area contributed by atoms with Crippen LogP contribution in [0.1, 0.15) is 42.5 Å². The number of esters is 1. The topological polar surface area (TPSA) is 107 Å². The highest BCUT2D eigenvalue weighted by molar-refractivity contribution is 5.90. The zero-order chi connectivity index (χ0) is 14.5. The Balaban J connectivity index is 2.18. The summed E-state index contributed by atoms with van der Waals surface area (Å²) in [5.41, 5.74) is 4.69. The van der Waals surface area contributed by atoms with Crippen molar-refractivity contribution in [1.29, 1.82) is 0 Å². The Morgan fingerprint density at radius 2 is 2.40 bits per heavy atom. The summed E-state index contributed by atoms with van der Waals surface area (Å²) in [6.07, 6.45) is 2.42. The van der Waals surface area contributed by atoms with Gasteiger partial charge in [-0.3, -0.25) is 9.36 Å². The number of nitrogens with zero attached hydrogens (tertiary/aromatic N) is 2. The normalized spacial score (nSPS) is 27.2. The largest absolute Gasteiger partial charge is 0.501 e. The molecule has 1 fully saturated rings. The molecule has 108 valence electrons. The Labute approximate surface area is 115 Å². The predicted octanol–water partition coefficient (Wildman–Crippen LogP) is 0.0933. The Kier molecular flexibility index (Phi) is 2.82. The molecule has 2 atom stereocenters. The third-order valence-electron chi connectivity index (χ3n) is 4.15. The van der Waals surface area contributed by atoms with Gasteiger partial charge in [0.25, 0.3) is 5.56 Å². The highest BCUT2D eigenvalue weighted by Crippen LogP contribution is 2.43. The van der Waals surface area contributed by atoms with E-state index < -0.39 is 22.8 Å². The third-order valence-corrected chi connectivity index (χ3v) is 4.15. The second-order valence-corrected chi connectivity index (χ2v) is 5.53. The van der Waals surface area contributed by atoms with Gasteiger partial charge in [0.05, 0.1) is 12.1 Å². The van der Waals surface area contributed by atoms with Crippen LogP contribution < -0.4 is 11.3 Å². The minimum absolute atomic E-state index is 0.147. The number of carbonyl (C=O) groups excluding carboxylic acids is 1. The van der Waals surface area contributed by atoms with Gasteiger partial charge >= 0.3 is 5.97 Å². The molecule has 1 aromatic heterocycles. The maximum atomic E-state index is 12.2. The first-order chi connectivity index (χ1) is 9.46. The van der Waals surface area contributed by atoms with Gasteiger partial charge in [-0.05, 0) is 32.1 Å². The number of aromatic hydroxyl groups is 1. The van der Waals surface area contributed by atoms with E-state index in [9.17, 15) is 14.7 Å². The number of aromatic nitrogens is 2. The van der Waals surface area contributed by atoms with Crippen molar-refractivity contribution < 1.29 is 14.6 Å². The van der Waals surface area contributed by atoms with Gasteiger partial charge in [0.15, 0.2) is 5.69 Å². The van der Waals surface area contributed by atoms with Gasteiger partial charge in [0.2, 0.25) is 5.75 Å². The molecule has 2 unspecified atom stereocenters. The van der Waals surface area contributed by atoms with E-state index in [-0.39, 0.29) is 12.3 Å². The fourth-order valence-corrected chi connectivity index (χ4v) is 3.23. The molecule has 20 heavy (non-hydrogen) atoms. The van der Waals surface area contributed by atoms with E-state index in [0.717, 1.165) is 19.3 Å². The molecule has 1 aromatic rings. The van der Waals surface area contributed by atoms with Crippen molar-refractivity contribution in [2.75, 3.05) is 6.61 Å². The summed E-state index contributed by atoms with van der Waals surface area (Å²) in [4.78, 5) is 28.1. The van der Waals surface area contributed by atoms with Gasteiger partial charge in [-0.25, -0.2) is 9.78 Å². The summed E-state index contributed by atoms with van der Waals surface area (Å²) < 4.78 is 6.22. The molecule has 3 N–H and O–H groups in total. The molecule has 2 bridgehead atoms. The SMILES string of the molecule is CCOC(=O)c1nc2n(c(=O)c1O)CC1CCC2(N)C1. The van der Waals surface area contributed by atoms with Crippen molar-refractivity contribution in [2.45, 2.75) is 38.3 Å². The molecule has 0 aromatic carbocycles. The quantitative estimate of drug-likeness (QED) is 0.743. The highest BCUT2D eigenvalue weighted by atomic mass is 16.5. The van der Waals surface area contributed by atoms with Crippen molar-refractivity contribution in [1.82, 2.24) is 9.55 Å². The van der Waals surface area contributed by atoms with Crippen LogP contribution in [0.2, 0.25) is 0 Å². The van der Waals surface area contributed by atoms with E-state index >= 15 is 0 Å². The third kappa shape index (κ3) is 1.73. The van der Waals surface area contributed by atoms with Gasteiger partial charge in [-0.1, -0.05) is 0 Å². The molecule has 2 heterocycles. The smallest absolute Gasteiger partial charge is 0.361 e. The molecular weight excluding hydrogens is 262 g/mol. The minimum atomic E-state index is -0.797. The van der Waals surface area contributed by atoms with Crippen LogP contribution in [-0.2, 0) is 16.8 Å². The van der Waals surface area contributed by atoms with Crippen molar-refractivity contribution >= 4 is 5.97 Å². The average Bonchev–Trinajstić information content (AvgIpc) is 2.72. The van der Waals surface area contributed by atoms with Crippen molar-refractivity contribution in [3.05, 3.63) is 21.9 Å². The highest BCUT2D eigenvalue weighted by Gasteiger charge is 2.45. The van der Waals surface area contributed by atoms with Crippen LogP contribution in [0.15, 0.2) is 4.79 Å². The number of carbonyl (C=O) groups is 1. The summed E-state index contributed by atoms with van der Waals surface area (Å²) in [5.74, 6) is -0.733. The first-order valence-corrected chi connectivity index (χ1v) is 6.76. The zero-order valence-electron chi connectivity index (χ0n) is 11.3. The lowest BCUT2D eigenvalue weighted by Gasteiger charge is -2.31. The molecule has 2 aliphatic rings. The first kappa shape index (κ1) is 13.1. The van der Waals surface area contributed by atoms with E-state index in [0.29, 0.717) is 18.3 Å². The number of hydrogen-bond acceptors (Lipinski definition) is 6. The monoisotopic (exact) mass is 279 g/mol. The van der Waals surface area contributed by atoms with Crippen LogP contribution in [0, 0.1) is 5.92 Å². The molecule has 1 aliphatic carbocycles. The van der Waals surface area contributed by atoms with Gasteiger partial charge in [0.1, 0.15) is 5.82 Å². The van der Waals surface area contributed by atoms with E-state index in [1.165, 1.54) is 4.57 Å². The van der Waals surface area contributed by atoms with Crippen LogP contribution in [0.5, 0.6) is 5.75 Å². The van der Waals surface area contributed by atoms with Crippen LogP contribution in [-0.4, -0.2) is 27.2 Å². The molecule has 1 aliphatic heterocycles. The van der Waals surface area contributed by atoms with Crippen LogP contribution >= 0.6 is 0 Å². The van der Waals surface area contributed by atoms with Crippen LogP contribution in [0.25, 0.3) is 0 Å². The molecule has 0 radical (unpaired) electrons. The molecule has 7 heteroatoms. The number of hydrogen-bond donors (Lipinski definition) is 2. The van der Waals surface area contributed by atoms with Crippen molar-refractivity contribution in [3.8, 4) is 5.75 Å². The van der Waals surface area contributed by atoms with E-state index in [4.69, 9.17) is 10.5 Å². The summed E-state index contributed by atoms with van der Waals surface area (Å²) in [7, 11) is 0. The summed E-state index contributed by atoms with van der Waals surface area (Å²) >= 11 is 0. The van der Waals surface area contributed by atoms with Crippen molar-refractivity contribution in [3.63, 3.8) is 0 Å². The van der Waals surface area contributed by atoms with E-state index in [1.54, 1.807) is 6.92 Å². The molecule has 0 amide bonds. The molecule has 1 saturated carbocycles. The standard InChI is InChI=1S/C13H17N3O4/c1-2-20-11(19)8-9(17)10(18)16-6-7-3-4-13(14,5-7)12(16)15-8/h7,17H,2-6,14H2,1H3. The van der Waals surface area contributed by atoms with Gasteiger partial charge in [-0.2, -0.15) is 0 Å². The lowest BCUT2D eigenvalue weighted by Crippen LogP contribution is -2.45. The zero-order valence-corrected chi connectivity index (χ0v) is 11.3. The molecule has 0 saturated heterocycles. The van der Waals surface area contributed by atoms with Gasteiger partial charge < -0.3 is 15.6 Å². The number of rotatable bonds is 2. The summed E-state index contributed by atoms with van der Waals surface area (Å²) in [6, 6.07) is 0. The summed E-state index contributed by atoms with van der Waals surface area (Å²) in [6.45, 7) is 2.29. The predicted molar refractivity (Wildman–Crippen MR) is 69.3 cm³/mol. The second-order valence-electron chi connectivity index (χ2n) is 5.53. The Hall–Kier alpha value is -1.89. The second kappa shape index (κ2) is 4.31. The number of fused-ring (bicyclic) bond motifs is 4. The Bertz CT molecular complexity index is 639. The van der Waals surface area contributed by atoms with Gasteiger partial charge in [0, 0.05) is 6.54 Å². The maximum absolute atomic E-state index is 12.2. The summed E-state index contributed by atoms with van der Waals surface area (Å²) in [5, 5.41) is 9.89. The van der Waals surface area contributed by atoms with E-state index in [1.807, 2.05) is 0 Å². The number of ether oxygens (including phenoxy) is 1. The lowest BCUT2D eigenvalue weighted by atomic mass is 9.92. The Morgan fingerprint density at radius 1 is 1.65 bits per heavy atom.